The monoisotopic (exact) mass is 294 g/mol. The summed E-state index contributed by atoms with van der Waals surface area (Å²) < 4.78 is 0. The number of rotatable bonds is 5. The number of hydrogen-bond acceptors (Lipinski definition) is 3. The predicted molar refractivity (Wildman–Crippen MR) is 82.9 cm³/mol. The standard InChI is InChI=1S/C17H30N2O2/c20-16(18-11-14-6-7-14)15-5-4-10-19(12-15)13-17(21)8-2-1-3-9-17/h14-15,21H,1-13H2,(H,18,20). The second-order valence-corrected chi connectivity index (χ2v) is 7.55. The van der Waals surface area contributed by atoms with Crippen LogP contribution < -0.4 is 5.32 Å². The van der Waals surface area contributed by atoms with Crippen LogP contribution in [-0.4, -0.2) is 47.7 Å². The summed E-state index contributed by atoms with van der Waals surface area (Å²) in [5, 5.41) is 13.8. The van der Waals surface area contributed by atoms with Crippen molar-refractivity contribution in [1.82, 2.24) is 10.2 Å². The molecular weight excluding hydrogens is 264 g/mol. The van der Waals surface area contributed by atoms with Crippen LogP contribution >= 0.6 is 0 Å². The zero-order chi connectivity index (χ0) is 14.7. The summed E-state index contributed by atoms with van der Waals surface area (Å²) in [6.45, 7) is 3.51. The van der Waals surface area contributed by atoms with Gasteiger partial charge in [-0.3, -0.25) is 9.69 Å². The van der Waals surface area contributed by atoms with E-state index in [4.69, 9.17) is 0 Å². The van der Waals surface area contributed by atoms with Gasteiger partial charge in [-0.05, 0) is 51.0 Å². The van der Waals surface area contributed by atoms with Crippen LogP contribution in [0.15, 0.2) is 0 Å². The molecule has 3 rings (SSSR count). The topological polar surface area (TPSA) is 52.6 Å². The van der Waals surface area contributed by atoms with Crippen molar-refractivity contribution in [2.45, 2.75) is 63.4 Å². The van der Waals surface area contributed by atoms with E-state index >= 15 is 0 Å². The molecule has 0 aromatic rings. The van der Waals surface area contributed by atoms with E-state index in [-0.39, 0.29) is 11.8 Å². The van der Waals surface area contributed by atoms with Gasteiger partial charge in [0.05, 0.1) is 11.5 Å². The summed E-state index contributed by atoms with van der Waals surface area (Å²) in [6.07, 6.45) is 10.1. The van der Waals surface area contributed by atoms with Crippen molar-refractivity contribution in [2.75, 3.05) is 26.2 Å². The number of aliphatic hydroxyl groups is 1. The molecule has 3 fully saturated rings. The molecule has 3 aliphatic rings. The van der Waals surface area contributed by atoms with E-state index in [9.17, 15) is 9.90 Å². The normalized spacial score (nSPS) is 30.0. The minimum Gasteiger partial charge on any atom is -0.389 e. The van der Waals surface area contributed by atoms with Crippen LogP contribution in [0.25, 0.3) is 0 Å². The Labute approximate surface area is 128 Å². The van der Waals surface area contributed by atoms with Gasteiger partial charge in [0.1, 0.15) is 0 Å². The summed E-state index contributed by atoms with van der Waals surface area (Å²) in [5.74, 6) is 1.11. The number of nitrogens with one attached hydrogen (secondary N) is 1. The lowest BCUT2D eigenvalue weighted by Crippen LogP contribution is -2.50. The number of amides is 1. The highest BCUT2D eigenvalue weighted by atomic mass is 16.3. The van der Waals surface area contributed by atoms with E-state index in [2.05, 4.69) is 10.2 Å². The molecule has 4 nitrogen and oxygen atoms in total. The van der Waals surface area contributed by atoms with Gasteiger partial charge in [0.15, 0.2) is 0 Å². The van der Waals surface area contributed by atoms with Gasteiger partial charge in [-0.2, -0.15) is 0 Å². The van der Waals surface area contributed by atoms with E-state index in [1.165, 1.54) is 19.3 Å². The summed E-state index contributed by atoms with van der Waals surface area (Å²) in [6, 6.07) is 0. The Bertz CT molecular complexity index is 362. The lowest BCUT2D eigenvalue weighted by molar-refractivity contribution is -0.127. The number of piperidine rings is 1. The first kappa shape index (κ1) is 15.3. The third-order valence-electron chi connectivity index (χ3n) is 5.44. The van der Waals surface area contributed by atoms with Gasteiger partial charge in [-0.1, -0.05) is 19.3 Å². The molecule has 0 spiro atoms. The molecule has 1 amide bonds. The third-order valence-corrected chi connectivity index (χ3v) is 5.44. The van der Waals surface area contributed by atoms with E-state index in [1.807, 2.05) is 0 Å². The smallest absolute Gasteiger partial charge is 0.224 e. The van der Waals surface area contributed by atoms with Gasteiger partial charge in [0.2, 0.25) is 5.91 Å². The maximum atomic E-state index is 12.2. The Balaban J connectivity index is 1.46. The van der Waals surface area contributed by atoms with Crippen LogP contribution in [0.3, 0.4) is 0 Å². The first-order valence-electron chi connectivity index (χ1n) is 8.87. The molecule has 2 saturated carbocycles. The van der Waals surface area contributed by atoms with Gasteiger partial charge in [-0.25, -0.2) is 0 Å². The largest absolute Gasteiger partial charge is 0.389 e. The molecule has 1 saturated heterocycles. The quantitative estimate of drug-likeness (QED) is 0.814. The lowest BCUT2D eigenvalue weighted by Gasteiger charge is -2.40. The Hall–Kier alpha value is -0.610. The molecule has 0 aromatic carbocycles. The van der Waals surface area contributed by atoms with Crippen LogP contribution in [0.2, 0.25) is 0 Å². The molecule has 2 aliphatic carbocycles. The number of likely N-dealkylation sites (tertiary alicyclic amines) is 1. The highest BCUT2D eigenvalue weighted by Crippen LogP contribution is 2.30. The van der Waals surface area contributed by atoms with Crippen LogP contribution in [0.4, 0.5) is 0 Å². The SMILES string of the molecule is O=C(NCC1CC1)C1CCCN(CC2(O)CCCCC2)C1. The number of hydrogen-bond donors (Lipinski definition) is 2. The van der Waals surface area contributed by atoms with Crippen molar-refractivity contribution >= 4 is 5.91 Å². The Kier molecular flexibility index (Phi) is 4.85. The fraction of sp³-hybridized carbons (Fsp3) is 0.941. The first-order valence-corrected chi connectivity index (χ1v) is 8.87. The van der Waals surface area contributed by atoms with Crippen molar-refractivity contribution in [1.29, 1.82) is 0 Å². The average Bonchev–Trinajstić information content (AvgIpc) is 3.29. The Morgan fingerprint density at radius 3 is 2.62 bits per heavy atom. The van der Waals surface area contributed by atoms with Crippen molar-refractivity contribution in [3.63, 3.8) is 0 Å². The minimum absolute atomic E-state index is 0.129. The molecule has 2 N–H and O–H groups in total. The fourth-order valence-corrected chi connectivity index (χ4v) is 3.91. The first-order chi connectivity index (χ1) is 10.1. The van der Waals surface area contributed by atoms with Gasteiger partial charge in [-0.15, -0.1) is 0 Å². The van der Waals surface area contributed by atoms with Crippen molar-refractivity contribution < 1.29 is 9.90 Å². The Morgan fingerprint density at radius 1 is 1.14 bits per heavy atom. The maximum absolute atomic E-state index is 12.2. The number of nitrogens with zero attached hydrogens (tertiary/aromatic N) is 1. The summed E-state index contributed by atoms with van der Waals surface area (Å²) in [4.78, 5) is 14.6. The molecule has 1 atom stereocenters. The Morgan fingerprint density at radius 2 is 1.90 bits per heavy atom. The van der Waals surface area contributed by atoms with Gasteiger partial charge >= 0.3 is 0 Å². The van der Waals surface area contributed by atoms with E-state index in [0.29, 0.717) is 0 Å². The summed E-state index contributed by atoms with van der Waals surface area (Å²) >= 11 is 0. The third kappa shape index (κ3) is 4.43. The van der Waals surface area contributed by atoms with Crippen LogP contribution in [0.1, 0.15) is 57.8 Å². The molecule has 1 unspecified atom stereocenters. The van der Waals surface area contributed by atoms with Gasteiger partial charge < -0.3 is 10.4 Å². The van der Waals surface area contributed by atoms with E-state index < -0.39 is 5.60 Å². The van der Waals surface area contributed by atoms with Gasteiger partial charge in [0, 0.05) is 19.6 Å². The lowest BCUT2D eigenvalue weighted by atomic mass is 9.83. The van der Waals surface area contributed by atoms with Crippen LogP contribution in [0.5, 0.6) is 0 Å². The summed E-state index contributed by atoms with van der Waals surface area (Å²) in [7, 11) is 0. The molecule has 0 radical (unpaired) electrons. The molecule has 21 heavy (non-hydrogen) atoms. The van der Waals surface area contributed by atoms with Gasteiger partial charge in [0.25, 0.3) is 0 Å². The zero-order valence-corrected chi connectivity index (χ0v) is 13.1. The van der Waals surface area contributed by atoms with Crippen molar-refractivity contribution in [2.24, 2.45) is 11.8 Å². The van der Waals surface area contributed by atoms with Crippen molar-refractivity contribution in [3.8, 4) is 0 Å². The van der Waals surface area contributed by atoms with E-state index in [1.54, 1.807) is 0 Å². The minimum atomic E-state index is -0.495. The maximum Gasteiger partial charge on any atom is 0.224 e. The number of carbonyl (C=O) groups is 1. The van der Waals surface area contributed by atoms with Crippen LogP contribution in [0, 0.1) is 11.8 Å². The summed E-state index contributed by atoms with van der Waals surface area (Å²) in [5.41, 5.74) is -0.495. The predicted octanol–water partition coefficient (Wildman–Crippen LogP) is 1.92. The molecule has 0 aromatic heterocycles. The average molecular weight is 294 g/mol. The molecule has 4 heteroatoms. The second kappa shape index (κ2) is 6.66. The fourth-order valence-electron chi connectivity index (χ4n) is 3.91. The number of β-amino-alcohol motifs (C(OH)–C–C–N with tert-alkyl or cyclic N) is 1. The zero-order valence-electron chi connectivity index (χ0n) is 13.1. The molecule has 120 valence electrons. The highest BCUT2D eigenvalue weighted by Gasteiger charge is 2.34. The second-order valence-electron chi connectivity index (χ2n) is 7.55. The van der Waals surface area contributed by atoms with Crippen LogP contribution in [-0.2, 0) is 4.79 Å². The molecule has 0 bridgehead atoms. The van der Waals surface area contributed by atoms with Crippen molar-refractivity contribution in [3.05, 3.63) is 0 Å². The highest BCUT2D eigenvalue weighted by molar-refractivity contribution is 5.79. The molecule has 1 heterocycles. The molecule has 1 aliphatic heterocycles. The number of carbonyl (C=O) groups excluding carboxylic acids is 1. The molecular formula is C17H30N2O2. The van der Waals surface area contributed by atoms with E-state index in [0.717, 1.165) is 70.6 Å².